The van der Waals surface area contributed by atoms with E-state index < -0.39 is 0 Å². The number of nitrogens with zero attached hydrogens (tertiary/aromatic N) is 2. The van der Waals surface area contributed by atoms with Gasteiger partial charge in [0.15, 0.2) is 0 Å². The van der Waals surface area contributed by atoms with Crippen LogP contribution in [-0.4, -0.2) is 16.8 Å². The minimum absolute atomic E-state index is 0.687. The topological polar surface area (TPSA) is 29.9 Å². The molecular weight excluding hydrogens is 174 g/mol. The summed E-state index contributed by atoms with van der Waals surface area (Å²) in [4.78, 5) is 0. The number of hydrogen-bond acceptors (Lipinski definition) is 2. The van der Waals surface area contributed by atoms with Crippen LogP contribution < -0.4 is 5.32 Å². The number of hydrogen-bond donors (Lipinski definition) is 1. The van der Waals surface area contributed by atoms with Gasteiger partial charge in [-0.05, 0) is 31.9 Å². The van der Waals surface area contributed by atoms with Crippen molar-refractivity contribution in [2.24, 2.45) is 13.0 Å². The van der Waals surface area contributed by atoms with Crippen molar-refractivity contribution < 1.29 is 0 Å². The van der Waals surface area contributed by atoms with Gasteiger partial charge in [-0.1, -0.05) is 13.8 Å². The predicted molar refractivity (Wildman–Crippen MR) is 59.3 cm³/mol. The molecule has 0 amide bonds. The summed E-state index contributed by atoms with van der Waals surface area (Å²) >= 11 is 0. The highest BCUT2D eigenvalue weighted by molar-refractivity contribution is 5.25. The Morgan fingerprint density at radius 1 is 1.43 bits per heavy atom. The zero-order valence-corrected chi connectivity index (χ0v) is 9.89. The molecule has 0 aliphatic carbocycles. The molecule has 3 heteroatoms. The van der Waals surface area contributed by atoms with Crippen LogP contribution in [0.25, 0.3) is 0 Å². The molecule has 0 spiro atoms. The van der Waals surface area contributed by atoms with Crippen LogP contribution in [0.15, 0.2) is 0 Å². The first-order chi connectivity index (χ1) is 6.56. The van der Waals surface area contributed by atoms with Crippen LogP contribution in [0.4, 0.5) is 0 Å². The lowest BCUT2D eigenvalue weighted by Gasteiger charge is -2.06. The van der Waals surface area contributed by atoms with Gasteiger partial charge in [0.1, 0.15) is 0 Å². The van der Waals surface area contributed by atoms with E-state index in [0.717, 1.165) is 13.0 Å². The summed E-state index contributed by atoms with van der Waals surface area (Å²) in [5.74, 6) is 0.687. The standard InChI is InChI=1S/C11H21N3/c1-8(2)6-11-9(3)10(7-12-4)13-14(11)5/h8,12H,6-7H2,1-5H3. The summed E-state index contributed by atoms with van der Waals surface area (Å²) in [7, 11) is 3.99. The van der Waals surface area contributed by atoms with E-state index in [2.05, 4.69) is 31.2 Å². The van der Waals surface area contributed by atoms with Crippen LogP contribution in [0.1, 0.15) is 30.8 Å². The van der Waals surface area contributed by atoms with Gasteiger partial charge in [-0.3, -0.25) is 4.68 Å². The monoisotopic (exact) mass is 195 g/mol. The van der Waals surface area contributed by atoms with Crippen LogP contribution in [0.2, 0.25) is 0 Å². The summed E-state index contributed by atoms with van der Waals surface area (Å²) in [6, 6.07) is 0. The van der Waals surface area contributed by atoms with Gasteiger partial charge in [-0.15, -0.1) is 0 Å². The molecule has 0 fully saturated rings. The second-order valence-corrected chi connectivity index (χ2v) is 4.27. The molecule has 0 aliphatic rings. The van der Waals surface area contributed by atoms with Crippen LogP contribution >= 0.6 is 0 Å². The van der Waals surface area contributed by atoms with Crippen molar-refractivity contribution in [2.45, 2.75) is 33.7 Å². The Balaban J connectivity index is 2.92. The smallest absolute Gasteiger partial charge is 0.0794 e. The molecule has 80 valence electrons. The molecule has 0 atom stereocenters. The lowest BCUT2D eigenvalue weighted by atomic mass is 10.0. The fourth-order valence-corrected chi connectivity index (χ4v) is 1.73. The maximum absolute atomic E-state index is 4.51. The molecule has 1 N–H and O–H groups in total. The van der Waals surface area contributed by atoms with Gasteiger partial charge in [-0.25, -0.2) is 0 Å². The third-order valence-electron chi connectivity index (χ3n) is 2.47. The average molecular weight is 195 g/mol. The van der Waals surface area contributed by atoms with Gasteiger partial charge in [0.2, 0.25) is 0 Å². The molecule has 0 unspecified atom stereocenters. The van der Waals surface area contributed by atoms with Crippen molar-refractivity contribution in [3.8, 4) is 0 Å². The van der Waals surface area contributed by atoms with Gasteiger partial charge in [0, 0.05) is 19.3 Å². The van der Waals surface area contributed by atoms with E-state index in [1.165, 1.54) is 17.0 Å². The molecule has 0 bridgehead atoms. The summed E-state index contributed by atoms with van der Waals surface area (Å²) in [6.45, 7) is 7.50. The zero-order valence-electron chi connectivity index (χ0n) is 9.89. The molecule has 0 aliphatic heterocycles. The second-order valence-electron chi connectivity index (χ2n) is 4.27. The molecule has 1 aromatic rings. The fraction of sp³-hybridized carbons (Fsp3) is 0.727. The largest absolute Gasteiger partial charge is 0.314 e. The van der Waals surface area contributed by atoms with Crippen molar-refractivity contribution in [1.29, 1.82) is 0 Å². The summed E-state index contributed by atoms with van der Waals surface area (Å²) < 4.78 is 2.02. The second kappa shape index (κ2) is 4.60. The van der Waals surface area contributed by atoms with Crippen molar-refractivity contribution in [2.75, 3.05) is 7.05 Å². The third kappa shape index (κ3) is 2.35. The van der Waals surface area contributed by atoms with Gasteiger partial charge < -0.3 is 5.32 Å². The van der Waals surface area contributed by atoms with Crippen LogP contribution in [0.5, 0.6) is 0 Å². The zero-order chi connectivity index (χ0) is 10.7. The quantitative estimate of drug-likeness (QED) is 0.791. The highest BCUT2D eigenvalue weighted by Crippen LogP contribution is 2.16. The van der Waals surface area contributed by atoms with Gasteiger partial charge >= 0.3 is 0 Å². The molecule has 0 saturated heterocycles. The average Bonchev–Trinajstić information content (AvgIpc) is 2.33. The Morgan fingerprint density at radius 3 is 2.57 bits per heavy atom. The van der Waals surface area contributed by atoms with Crippen molar-refractivity contribution in [3.05, 3.63) is 17.0 Å². The molecule has 0 saturated carbocycles. The van der Waals surface area contributed by atoms with E-state index in [-0.39, 0.29) is 0 Å². The number of aryl methyl sites for hydroxylation is 1. The maximum Gasteiger partial charge on any atom is 0.0794 e. The van der Waals surface area contributed by atoms with Crippen molar-refractivity contribution >= 4 is 0 Å². The molecular formula is C11H21N3. The molecule has 1 aromatic heterocycles. The maximum atomic E-state index is 4.51. The number of nitrogens with one attached hydrogen (secondary N) is 1. The molecule has 14 heavy (non-hydrogen) atoms. The Kier molecular flexibility index (Phi) is 3.69. The lowest BCUT2D eigenvalue weighted by Crippen LogP contribution is -2.06. The minimum Gasteiger partial charge on any atom is -0.314 e. The van der Waals surface area contributed by atoms with E-state index in [1.54, 1.807) is 0 Å². The Labute approximate surface area is 86.5 Å². The molecule has 0 aromatic carbocycles. The summed E-state index contributed by atoms with van der Waals surface area (Å²) in [5, 5.41) is 7.65. The van der Waals surface area contributed by atoms with E-state index in [4.69, 9.17) is 0 Å². The van der Waals surface area contributed by atoms with Gasteiger partial charge in [-0.2, -0.15) is 5.10 Å². The fourth-order valence-electron chi connectivity index (χ4n) is 1.73. The SMILES string of the molecule is CNCc1nn(C)c(CC(C)C)c1C. The highest BCUT2D eigenvalue weighted by atomic mass is 15.3. The van der Waals surface area contributed by atoms with Crippen LogP contribution in [-0.2, 0) is 20.0 Å². The van der Waals surface area contributed by atoms with Gasteiger partial charge in [0.05, 0.1) is 5.69 Å². The van der Waals surface area contributed by atoms with Crippen molar-refractivity contribution in [1.82, 2.24) is 15.1 Å². The lowest BCUT2D eigenvalue weighted by molar-refractivity contribution is 0.591. The third-order valence-corrected chi connectivity index (χ3v) is 2.47. The number of aromatic nitrogens is 2. The van der Waals surface area contributed by atoms with Gasteiger partial charge in [0.25, 0.3) is 0 Å². The first kappa shape index (κ1) is 11.2. The predicted octanol–water partition coefficient (Wildman–Crippen LogP) is 1.65. The number of rotatable bonds is 4. The minimum atomic E-state index is 0.687. The first-order valence-electron chi connectivity index (χ1n) is 5.22. The first-order valence-corrected chi connectivity index (χ1v) is 5.22. The molecule has 3 nitrogen and oxygen atoms in total. The van der Waals surface area contributed by atoms with E-state index >= 15 is 0 Å². The Bertz CT molecular complexity index is 300. The van der Waals surface area contributed by atoms with E-state index in [1.807, 2.05) is 18.8 Å². The highest BCUT2D eigenvalue weighted by Gasteiger charge is 2.12. The van der Waals surface area contributed by atoms with Crippen molar-refractivity contribution in [3.63, 3.8) is 0 Å². The molecule has 1 rings (SSSR count). The Morgan fingerprint density at radius 2 is 2.07 bits per heavy atom. The summed E-state index contributed by atoms with van der Waals surface area (Å²) in [6.07, 6.45) is 1.11. The Hall–Kier alpha value is -0.830. The molecule has 0 radical (unpaired) electrons. The van der Waals surface area contributed by atoms with Crippen LogP contribution in [0.3, 0.4) is 0 Å². The summed E-state index contributed by atoms with van der Waals surface area (Å²) in [5.41, 5.74) is 3.88. The normalized spacial score (nSPS) is 11.3. The van der Waals surface area contributed by atoms with E-state index in [0.29, 0.717) is 5.92 Å². The van der Waals surface area contributed by atoms with E-state index in [9.17, 15) is 0 Å². The van der Waals surface area contributed by atoms with Crippen LogP contribution in [0, 0.1) is 12.8 Å². The molecule has 1 heterocycles.